The van der Waals surface area contributed by atoms with Crippen LogP contribution in [-0.4, -0.2) is 38.2 Å². The van der Waals surface area contributed by atoms with Crippen LogP contribution in [0, 0.1) is 0 Å². The molecule has 1 heterocycles. The van der Waals surface area contributed by atoms with Crippen molar-refractivity contribution in [3.05, 3.63) is 23.9 Å². The van der Waals surface area contributed by atoms with Crippen molar-refractivity contribution in [1.82, 2.24) is 4.98 Å². The molecule has 0 aromatic carbocycles. The van der Waals surface area contributed by atoms with Gasteiger partial charge in [0.1, 0.15) is 5.82 Å². The van der Waals surface area contributed by atoms with Crippen LogP contribution >= 0.6 is 0 Å². The largest absolute Gasteiger partial charge is 0.383 e. The van der Waals surface area contributed by atoms with Crippen molar-refractivity contribution in [3.63, 3.8) is 0 Å². The van der Waals surface area contributed by atoms with E-state index in [0.29, 0.717) is 19.4 Å². The molecule has 0 aliphatic rings. The molecule has 1 amide bonds. The van der Waals surface area contributed by atoms with E-state index in [1.54, 1.807) is 13.3 Å². The van der Waals surface area contributed by atoms with Crippen LogP contribution in [0.5, 0.6) is 0 Å². The third-order valence-electron chi connectivity index (χ3n) is 2.49. The molecule has 5 heteroatoms. The number of hydrogen-bond donors (Lipinski definition) is 1. The van der Waals surface area contributed by atoms with Crippen LogP contribution in [-0.2, 0) is 16.0 Å². The van der Waals surface area contributed by atoms with Gasteiger partial charge in [-0.2, -0.15) is 0 Å². The van der Waals surface area contributed by atoms with Gasteiger partial charge in [0.05, 0.1) is 6.61 Å². The zero-order valence-corrected chi connectivity index (χ0v) is 10.3. The van der Waals surface area contributed by atoms with E-state index in [4.69, 9.17) is 10.5 Å². The molecule has 0 aliphatic heterocycles. The molecule has 17 heavy (non-hydrogen) atoms. The average molecular weight is 237 g/mol. The van der Waals surface area contributed by atoms with Crippen LogP contribution in [0.1, 0.15) is 12.0 Å². The Kier molecular flexibility index (Phi) is 5.42. The number of pyridine rings is 1. The number of aryl methyl sites for hydroxylation is 1. The minimum absolute atomic E-state index is 0.281. The van der Waals surface area contributed by atoms with E-state index >= 15 is 0 Å². The summed E-state index contributed by atoms with van der Waals surface area (Å²) in [6.45, 7) is 1.44. The van der Waals surface area contributed by atoms with E-state index in [1.807, 2.05) is 24.1 Å². The van der Waals surface area contributed by atoms with Crippen molar-refractivity contribution in [3.8, 4) is 0 Å². The van der Waals surface area contributed by atoms with Crippen molar-refractivity contribution in [2.75, 3.05) is 32.2 Å². The van der Waals surface area contributed by atoms with Crippen molar-refractivity contribution >= 4 is 11.7 Å². The Balaban J connectivity index is 2.61. The first kappa shape index (κ1) is 13.4. The highest BCUT2D eigenvalue weighted by molar-refractivity contribution is 5.74. The van der Waals surface area contributed by atoms with Gasteiger partial charge in [0.15, 0.2) is 0 Å². The Morgan fingerprint density at radius 3 is 3.00 bits per heavy atom. The smallest absolute Gasteiger partial charge is 0.217 e. The first-order valence-electron chi connectivity index (χ1n) is 5.57. The van der Waals surface area contributed by atoms with Gasteiger partial charge in [-0.05, 0) is 24.1 Å². The van der Waals surface area contributed by atoms with E-state index in [9.17, 15) is 4.79 Å². The molecule has 0 radical (unpaired) electrons. The topological polar surface area (TPSA) is 68.5 Å². The summed E-state index contributed by atoms with van der Waals surface area (Å²) in [5.41, 5.74) is 6.19. The van der Waals surface area contributed by atoms with Gasteiger partial charge in [0.25, 0.3) is 0 Å². The molecule has 0 saturated carbocycles. The van der Waals surface area contributed by atoms with Crippen LogP contribution in [0.25, 0.3) is 0 Å². The van der Waals surface area contributed by atoms with Gasteiger partial charge in [-0.3, -0.25) is 4.79 Å². The monoisotopic (exact) mass is 237 g/mol. The van der Waals surface area contributed by atoms with Gasteiger partial charge in [0, 0.05) is 33.3 Å². The summed E-state index contributed by atoms with van der Waals surface area (Å²) in [4.78, 5) is 17.0. The molecule has 1 aromatic rings. The number of hydrogen-bond acceptors (Lipinski definition) is 4. The normalized spacial score (nSPS) is 10.2. The summed E-state index contributed by atoms with van der Waals surface area (Å²) in [5, 5.41) is 0. The van der Waals surface area contributed by atoms with Crippen LogP contribution < -0.4 is 10.6 Å². The average Bonchev–Trinajstić information content (AvgIpc) is 2.33. The quantitative estimate of drug-likeness (QED) is 0.753. The molecule has 1 rings (SSSR count). The number of carbonyl (C=O) groups excluding carboxylic acids is 1. The molecule has 5 nitrogen and oxygen atoms in total. The molecule has 0 fully saturated rings. The maximum absolute atomic E-state index is 10.7. The summed E-state index contributed by atoms with van der Waals surface area (Å²) < 4.78 is 5.01. The number of carbonyl (C=O) groups is 1. The molecule has 0 bridgehead atoms. The van der Waals surface area contributed by atoms with Crippen LogP contribution in [0.15, 0.2) is 18.3 Å². The second-order valence-corrected chi connectivity index (χ2v) is 3.90. The zero-order valence-electron chi connectivity index (χ0n) is 10.3. The molecule has 2 N–H and O–H groups in total. The molecule has 0 saturated heterocycles. The summed E-state index contributed by atoms with van der Waals surface area (Å²) in [6, 6.07) is 3.87. The Labute approximate surface area is 102 Å². The lowest BCUT2D eigenvalue weighted by atomic mass is 10.1. The minimum Gasteiger partial charge on any atom is -0.383 e. The lowest BCUT2D eigenvalue weighted by Crippen LogP contribution is -2.23. The maximum atomic E-state index is 10.7. The molecule has 0 aliphatic carbocycles. The van der Waals surface area contributed by atoms with Gasteiger partial charge in [-0.15, -0.1) is 0 Å². The Morgan fingerprint density at radius 1 is 1.59 bits per heavy atom. The zero-order chi connectivity index (χ0) is 12.7. The van der Waals surface area contributed by atoms with E-state index in [-0.39, 0.29) is 5.91 Å². The number of primary amides is 1. The summed E-state index contributed by atoms with van der Waals surface area (Å²) in [5.74, 6) is 0.597. The number of nitrogens with zero attached hydrogens (tertiary/aromatic N) is 2. The van der Waals surface area contributed by atoms with Crippen LogP contribution in [0.4, 0.5) is 5.82 Å². The van der Waals surface area contributed by atoms with Crippen LogP contribution in [0.2, 0.25) is 0 Å². The highest BCUT2D eigenvalue weighted by Crippen LogP contribution is 2.12. The Hall–Kier alpha value is -1.62. The third kappa shape index (κ3) is 4.82. The fraction of sp³-hybridized carbons (Fsp3) is 0.500. The van der Waals surface area contributed by atoms with E-state index in [0.717, 1.165) is 17.9 Å². The number of ether oxygens (including phenoxy) is 1. The molecule has 1 aromatic heterocycles. The third-order valence-corrected chi connectivity index (χ3v) is 2.49. The molecule has 0 atom stereocenters. The molecule has 0 unspecified atom stereocenters. The molecular formula is C12H19N3O2. The summed E-state index contributed by atoms with van der Waals surface area (Å²) in [6.07, 6.45) is 2.77. The summed E-state index contributed by atoms with van der Waals surface area (Å²) >= 11 is 0. The highest BCUT2D eigenvalue weighted by Gasteiger charge is 2.04. The number of nitrogens with two attached hydrogens (primary N) is 1. The lowest BCUT2D eigenvalue weighted by molar-refractivity contribution is -0.117. The number of methoxy groups -OCH3 is 1. The van der Waals surface area contributed by atoms with E-state index < -0.39 is 0 Å². The van der Waals surface area contributed by atoms with Gasteiger partial charge < -0.3 is 15.4 Å². The van der Waals surface area contributed by atoms with Gasteiger partial charge in [-0.1, -0.05) is 0 Å². The summed E-state index contributed by atoms with van der Waals surface area (Å²) in [7, 11) is 3.63. The Morgan fingerprint density at radius 2 is 2.35 bits per heavy atom. The van der Waals surface area contributed by atoms with Gasteiger partial charge >= 0.3 is 0 Å². The van der Waals surface area contributed by atoms with Gasteiger partial charge in [-0.25, -0.2) is 4.98 Å². The number of anilines is 1. The van der Waals surface area contributed by atoms with E-state index in [1.165, 1.54) is 0 Å². The fourth-order valence-electron chi connectivity index (χ4n) is 1.44. The van der Waals surface area contributed by atoms with E-state index in [2.05, 4.69) is 4.98 Å². The number of amides is 1. The van der Waals surface area contributed by atoms with Crippen molar-refractivity contribution in [2.24, 2.45) is 5.73 Å². The van der Waals surface area contributed by atoms with Crippen molar-refractivity contribution < 1.29 is 9.53 Å². The molecule has 94 valence electrons. The maximum Gasteiger partial charge on any atom is 0.217 e. The highest BCUT2D eigenvalue weighted by atomic mass is 16.5. The first-order valence-corrected chi connectivity index (χ1v) is 5.57. The number of rotatable bonds is 7. The number of likely N-dealkylation sites (N-methyl/N-ethyl adjacent to an activating group) is 1. The SMILES string of the molecule is COCCN(C)c1cc(CCC(N)=O)ccn1. The minimum atomic E-state index is -0.281. The van der Waals surface area contributed by atoms with Gasteiger partial charge in [0.2, 0.25) is 5.91 Å². The molecule has 0 spiro atoms. The second-order valence-electron chi connectivity index (χ2n) is 3.90. The lowest BCUT2D eigenvalue weighted by Gasteiger charge is -2.18. The molecular weight excluding hydrogens is 218 g/mol. The van der Waals surface area contributed by atoms with Crippen molar-refractivity contribution in [1.29, 1.82) is 0 Å². The van der Waals surface area contributed by atoms with Crippen molar-refractivity contribution in [2.45, 2.75) is 12.8 Å². The second kappa shape index (κ2) is 6.85. The predicted octanol–water partition coefficient (Wildman–Crippen LogP) is 0.582. The van der Waals surface area contributed by atoms with Crippen LogP contribution in [0.3, 0.4) is 0 Å². The predicted molar refractivity (Wildman–Crippen MR) is 66.9 cm³/mol. The first-order chi connectivity index (χ1) is 8.13. The fourth-order valence-corrected chi connectivity index (χ4v) is 1.44. The number of aromatic nitrogens is 1. The standard InChI is InChI=1S/C12H19N3O2/c1-15(7-8-17-2)12-9-10(5-6-14-12)3-4-11(13)16/h5-6,9H,3-4,7-8H2,1-2H3,(H2,13,16). The Bertz CT molecular complexity index is 369.